The average Bonchev–Trinajstić information content (AvgIpc) is 3.14. The maximum atomic E-state index is 12.6. The van der Waals surface area contributed by atoms with Gasteiger partial charge in [0.25, 0.3) is 5.91 Å². The normalized spacial score (nSPS) is 17.6. The molecule has 0 unspecified atom stereocenters. The molecule has 32 heavy (non-hydrogen) atoms. The van der Waals surface area contributed by atoms with Gasteiger partial charge < -0.3 is 14.5 Å². The van der Waals surface area contributed by atoms with Crippen LogP contribution in [0, 0.1) is 0 Å². The molecular formula is C23H18N6O3. The smallest absolute Gasteiger partial charge is 0.281 e. The predicted octanol–water partition coefficient (Wildman–Crippen LogP) is 1.16. The number of fused-ring (bicyclic) bond motifs is 5. The van der Waals surface area contributed by atoms with Gasteiger partial charge >= 0.3 is 0 Å². The van der Waals surface area contributed by atoms with Crippen molar-refractivity contribution >= 4 is 35.1 Å². The van der Waals surface area contributed by atoms with Gasteiger partial charge in [0.1, 0.15) is 17.9 Å². The summed E-state index contributed by atoms with van der Waals surface area (Å²) in [6.45, 7) is 1.01. The Labute approximate surface area is 183 Å². The molecule has 1 aromatic heterocycles. The summed E-state index contributed by atoms with van der Waals surface area (Å²) in [4.78, 5) is 45.7. The Morgan fingerprint density at radius 3 is 2.75 bits per heavy atom. The highest BCUT2D eigenvalue weighted by molar-refractivity contribution is 6.36. The van der Waals surface area contributed by atoms with Crippen LogP contribution in [0.4, 0.5) is 11.5 Å². The van der Waals surface area contributed by atoms with Gasteiger partial charge in [-0.05, 0) is 18.2 Å². The third-order valence-corrected chi connectivity index (χ3v) is 5.10. The zero-order valence-electron chi connectivity index (χ0n) is 17.0. The summed E-state index contributed by atoms with van der Waals surface area (Å²) in [6.07, 6.45) is 13.4. The SMILES string of the molecule is O=C1N=c2ncnc3c2=C1C=Nc1cccc(c1)OC=CC=CCC(=O)N1C=CN3CC1. The monoisotopic (exact) mass is 426 g/mol. The van der Waals surface area contributed by atoms with Crippen LogP contribution in [0.5, 0.6) is 5.75 Å². The fraction of sp³-hybridized carbons (Fsp3) is 0.130. The number of carbonyl (C=O) groups excluding carboxylic acids is 2. The molecule has 4 aliphatic heterocycles. The van der Waals surface area contributed by atoms with Gasteiger partial charge in [-0.25, -0.2) is 9.97 Å². The van der Waals surface area contributed by atoms with Gasteiger partial charge in [0.15, 0.2) is 5.49 Å². The minimum absolute atomic E-state index is 0.0189. The topological polar surface area (TPSA) is 100 Å². The number of aliphatic imine (C=N–C) groups is 1. The maximum Gasteiger partial charge on any atom is 0.281 e. The van der Waals surface area contributed by atoms with Gasteiger partial charge in [0.05, 0.1) is 22.7 Å². The van der Waals surface area contributed by atoms with Gasteiger partial charge in [-0.3, -0.25) is 14.6 Å². The third-order valence-electron chi connectivity index (χ3n) is 5.10. The number of anilines is 1. The van der Waals surface area contributed by atoms with E-state index in [-0.39, 0.29) is 12.3 Å². The van der Waals surface area contributed by atoms with Crippen LogP contribution in [0.3, 0.4) is 0 Å². The van der Waals surface area contributed by atoms with Crippen molar-refractivity contribution in [2.75, 3.05) is 18.0 Å². The highest BCUT2D eigenvalue weighted by Gasteiger charge is 2.23. The largest absolute Gasteiger partial charge is 0.465 e. The summed E-state index contributed by atoms with van der Waals surface area (Å²) < 4.78 is 5.60. The van der Waals surface area contributed by atoms with E-state index < -0.39 is 5.91 Å². The molecule has 0 spiro atoms. The Morgan fingerprint density at radius 2 is 1.88 bits per heavy atom. The van der Waals surface area contributed by atoms with Crippen molar-refractivity contribution < 1.29 is 14.3 Å². The number of nitrogens with zero attached hydrogens (tertiary/aromatic N) is 6. The first-order valence-electron chi connectivity index (χ1n) is 10.0. The number of hydrogen-bond acceptors (Lipinski definition) is 7. The molecule has 5 heterocycles. The van der Waals surface area contributed by atoms with Crippen molar-refractivity contribution in [1.29, 1.82) is 0 Å². The zero-order chi connectivity index (χ0) is 21.9. The van der Waals surface area contributed by atoms with Gasteiger partial charge in [-0.15, -0.1) is 0 Å². The predicted molar refractivity (Wildman–Crippen MR) is 118 cm³/mol. The number of carbonyl (C=O) groups is 2. The molecule has 9 nitrogen and oxygen atoms in total. The van der Waals surface area contributed by atoms with Crippen molar-refractivity contribution in [3.05, 3.63) is 78.2 Å². The van der Waals surface area contributed by atoms with Crippen LogP contribution in [-0.2, 0) is 9.59 Å². The van der Waals surface area contributed by atoms with E-state index >= 15 is 0 Å². The first kappa shape index (κ1) is 19.6. The molecule has 0 saturated carbocycles. The van der Waals surface area contributed by atoms with E-state index in [1.807, 2.05) is 17.0 Å². The number of benzene rings is 1. The van der Waals surface area contributed by atoms with Gasteiger partial charge in [0.2, 0.25) is 5.91 Å². The van der Waals surface area contributed by atoms with Crippen molar-refractivity contribution in [2.45, 2.75) is 6.42 Å². The molecule has 0 atom stereocenters. The lowest BCUT2D eigenvalue weighted by molar-refractivity contribution is -0.127. The quantitative estimate of drug-likeness (QED) is 0.627. The van der Waals surface area contributed by atoms with Gasteiger partial charge in [0, 0.05) is 44.2 Å². The average molecular weight is 426 g/mol. The number of rotatable bonds is 0. The lowest BCUT2D eigenvalue weighted by Crippen LogP contribution is -2.42. The molecule has 2 amide bonds. The minimum Gasteiger partial charge on any atom is -0.465 e. The lowest BCUT2D eigenvalue weighted by Gasteiger charge is -2.29. The Morgan fingerprint density at radius 1 is 1.00 bits per heavy atom. The number of ether oxygens (including phenoxy) is 1. The third kappa shape index (κ3) is 3.83. The molecule has 4 aliphatic rings. The van der Waals surface area contributed by atoms with Crippen molar-refractivity contribution in [1.82, 2.24) is 14.9 Å². The molecule has 6 rings (SSSR count). The molecule has 0 fully saturated rings. The lowest BCUT2D eigenvalue weighted by atomic mass is 10.2. The fourth-order valence-corrected chi connectivity index (χ4v) is 3.51. The van der Waals surface area contributed by atoms with Crippen molar-refractivity contribution in [3.63, 3.8) is 0 Å². The minimum atomic E-state index is -0.421. The molecule has 158 valence electrons. The summed E-state index contributed by atoms with van der Waals surface area (Å²) in [5, 5.41) is 0.530. The standard InChI is InChI=1S/C23H18N6O3/c30-19-7-2-1-3-12-32-17-6-4-5-16(13-17)24-14-18-20-21(27-23(18)31)25-15-26-22(20)29-10-8-28(19)9-11-29/h1-6,8,10,12-15H,7,9,11H2. The Kier molecular flexibility index (Phi) is 5.12. The second-order valence-corrected chi connectivity index (χ2v) is 7.14. The first-order chi connectivity index (χ1) is 15.7. The van der Waals surface area contributed by atoms with E-state index in [1.54, 1.807) is 47.7 Å². The van der Waals surface area contributed by atoms with E-state index in [0.29, 0.717) is 46.6 Å². The van der Waals surface area contributed by atoms with Gasteiger partial charge in [-0.1, -0.05) is 18.2 Å². The Bertz CT molecular complexity index is 1340. The fourth-order valence-electron chi connectivity index (χ4n) is 3.51. The van der Waals surface area contributed by atoms with Gasteiger partial charge in [-0.2, -0.15) is 4.99 Å². The maximum absolute atomic E-state index is 12.6. The molecule has 9 heteroatoms. The number of hydrogen-bond donors (Lipinski definition) is 0. The number of aromatic nitrogens is 2. The molecule has 0 aliphatic carbocycles. The summed E-state index contributed by atoms with van der Waals surface area (Å²) >= 11 is 0. The van der Waals surface area contributed by atoms with Crippen LogP contribution < -0.4 is 20.3 Å². The second kappa shape index (κ2) is 8.38. The highest BCUT2D eigenvalue weighted by atomic mass is 16.5. The molecule has 0 N–H and O–H groups in total. The number of amides is 2. The Balaban J connectivity index is 1.63. The molecule has 1 aromatic carbocycles. The van der Waals surface area contributed by atoms with Crippen LogP contribution in [0.15, 0.2) is 77.5 Å². The summed E-state index contributed by atoms with van der Waals surface area (Å²) in [5.41, 5.74) is 1.25. The van der Waals surface area contributed by atoms with E-state index in [9.17, 15) is 9.59 Å². The second-order valence-electron chi connectivity index (χ2n) is 7.14. The zero-order valence-corrected chi connectivity index (χ0v) is 17.0. The highest BCUT2D eigenvalue weighted by Crippen LogP contribution is 2.21. The van der Waals surface area contributed by atoms with E-state index in [0.717, 1.165) is 0 Å². The summed E-state index contributed by atoms with van der Waals surface area (Å²) in [7, 11) is 0. The molecule has 4 bridgehead atoms. The molecule has 0 radical (unpaired) electrons. The summed E-state index contributed by atoms with van der Waals surface area (Å²) in [5.74, 6) is 0.702. The van der Waals surface area contributed by atoms with Crippen LogP contribution >= 0.6 is 0 Å². The van der Waals surface area contributed by atoms with E-state index in [4.69, 9.17) is 4.74 Å². The Hall–Kier alpha value is -4.40. The van der Waals surface area contributed by atoms with Crippen LogP contribution in [-0.4, -0.2) is 46.0 Å². The molecule has 2 aromatic rings. The van der Waals surface area contributed by atoms with Crippen molar-refractivity contribution in [3.8, 4) is 5.75 Å². The van der Waals surface area contributed by atoms with Crippen LogP contribution in [0.1, 0.15) is 6.42 Å². The van der Waals surface area contributed by atoms with E-state index in [1.165, 1.54) is 18.8 Å². The van der Waals surface area contributed by atoms with E-state index in [2.05, 4.69) is 20.0 Å². The first-order valence-corrected chi connectivity index (χ1v) is 10.0. The number of allylic oxidation sites excluding steroid dienone is 2. The summed E-state index contributed by atoms with van der Waals surface area (Å²) in [6, 6.07) is 7.17. The molecular weight excluding hydrogens is 408 g/mol. The van der Waals surface area contributed by atoms with Crippen molar-refractivity contribution in [2.24, 2.45) is 9.98 Å². The van der Waals surface area contributed by atoms with Crippen LogP contribution in [0.25, 0.3) is 5.57 Å². The van der Waals surface area contributed by atoms with Crippen LogP contribution in [0.2, 0.25) is 0 Å². The molecule has 0 saturated heterocycles.